The van der Waals surface area contributed by atoms with Crippen molar-refractivity contribution in [2.24, 2.45) is 5.92 Å². The summed E-state index contributed by atoms with van der Waals surface area (Å²) < 4.78 is 5.30. The molecule has 2 aromatic rings. The maximum atomic E-state index is 12.9. The first-order chi connectivity index (χ1) is 14.2. The Bertz CT molecular complexity index is 849. The van der Waals surface area contributed by atoms with Crippen LogP contribution in [0.5, 0.6) is 0 Å². The van der Waals surface area contributed by atoms with Crippen LogP contribution in [-0.4, -0.2) is 18.0 Å². The average molecular weight is 391 g/mol. The van der Waals surface area contributed by atoms with Crippen molar-refractivity contribution in [3.63, 3.8) is 0 Å². The molecule has 150 valence electrons. The van der Waals surface area contributed by atoms with Crippen LogP contribution in [0.3, 0.4) is 0 Å². The van der Waals surface area contributed by atoms with Gasteiger partial charge < -0.3 is 15.4 Å². The fourth-order valence-electron chi connectivity index (χ4n) is 3.62. The van der Waals surface area contributed by atoms with Crippen molar-refractivity contribution in [2.75, 3.05) is 0 Å². The molecule has 6 heteroatoms. The molecule has 3 atom stereocenters. The third-order valence-corrected chi connectivity index (χ3v) is 5.17. The van der Waals surface area contributed by atoms with Crippen molar-refractivity contribution in [3.05, 3.63) is 71.8 Å². The standard InChI is InChI=1S/C23H25N3O3/c24-15-21(18-11-5-2-6-12-18)25-22(27)19-13-7-8-14-20(19)26-23(28)29-16-17-9-3-1-4-10-17/h1-6,9-12,19-21H,7-8,13-14,16H2,(H,25,27)(H,26,28)/t19?,20?,21-/m1/s1. The third kappa shape index (κ3) is 5.82. The van der Waals surface area contributed by atoms with Gasteiger partial charge in [-0.1, -0.05) is 73.5 Å². The topological polar surface area (TPSA) is 91.2 Å². The molecular formula is C23H25N3O3. The molecule has 6 nitrogen and oxygen atoms in total. The highest BCUT2D eigenvalue weighted by atomic mass is 16.5. The van der Waals surface area contributed by atoms with Gasteiger partial charge in [0.05, 0.1) is 12.0 Å². The van der Waals surface area contributed by atoms with Gasteiger partial charge >= 0.3 is 6.09 Å². The molecule has 0 saturated heterocycles. The highest BCUT2D eigenvalue weighted by Crippen LogP contribution is 2.26. The van der Waals surface area contributed by atoms with Crippen molar-refractivity contribution in [3.8, 4) is 6.07 Å². The SMILES string of the molecule is N#C[C@@H](NC(=O)C1CCCCC1NC(=O)OCc1ccccc1)c1ccccc1. The van der Waals surface area contributed by atoms with E-state index in [1.54, 1.807) is 0 Å². The van der Waals surface area contributed by atoms with Gasteiger partial charge in [-0.3, -0.25) is 4.79 Å². The minimum absolute atomic E-state index is 0.181. The molecule has 2 amide bonds. The molecule has 0 radical (unpaired) electrons. The van der Waals surface area contributed by atoms with Crippen molar-refractivity contribution in [1.29, 1.82) is 5.26 Å². The van der Waals surface area contributed by atoms with Crippen LogP contribution in [0.4, 0.5) is 4.79 Å². The Morgan fingerprint density at radius 1 is 1.03 bits per heavy atom. The Balaban J connectivity index is 1.57. The van der Waals surface area contributed by atoms with Gasteiger partial charge in [0.15, 0.2) is 0 Å². The predicted molar refractivity (Wildman–Crippen MR) is 108 cm³/mol. The minimum atomic E-state index is -0.712. The van der Waals surface area contributed by atoms with E-state index in [-0.39, 0.29) is 24.5 Å². The molecule has 2 N–H and O–H groups in total. The second kappa shape index (κ2) is 10.3. The number of benzene rings is 2. The molecule has 2 aromatic carbocycles. The van der Waals surface area contributed by atoms with Crippen molar-refractivity contribution in [2.45, 2.75) is 44.4 Å². The highest BCUT2D eigenvalue weighted by molar-refractivity contribution is 5.81. The Morgan fingerprint density at radius 3 is 2.38 bits per heavy atom. The van der Waals surface area contributed by atoms with Crippen LogP contribution in [-0.2, 0) is 16.1 Å². The van der Waals surface area contributed by atoms with E-state index >= 15 is 0 Å². The largest absolute Gasteiger partial charge is 0.445 e. The van der Waals surface area contributed by atoms with E-state index in [9.17, 15) is 14.9 Å². The summed E-state index contributed by atoms with van der Waals surface area (Å²) in [5.41, 5.74) is 1.64. The van der Waals surface area contributed by atoms with Gasteiger partial charge in [-0.2, -0.15) is 5.26 Å². The number of nitrogens with zero attached hydrogens (tertiary/aromatic N) is 1. The van der Waals surface area contributed by atoms with Gasteiger partial charge in [-0.25, -0.2) is 4.79 Å². The first kappa shape index (κ1) is 20.4. The molecule has 29 heavy (non-hydrogen) atoms. The molecule has 3 rings (SSSR count). The molecule has 0 bridgehead atoms. The van der Waals surface area contributed by atoms with Crippen molar-refractivity contribution < 1.29 is 14.3 Å². The normalized spacial score (nSPS) is 19.4. The summed E-state index contributed by atoms with van der Waals surface area (Å²) in [5.74, 6) is -0.596. The van der Waals surface area contributed by atoms with Gasteiger partial charge in [0.2, 0.25) is 5.91 Å². The fraction of sp³-hybridized carbons (Fsp3) is 0.348. The molecule has 0 spiro atoms. The van der Waals surface area contributed by atoms with Crippen LogP contribution in [0.25, 0.3) is 0 Å². The number of hydrogen-bond acceptors (Lipinski definition) is 4. The van der Waals surface area contributed by atoms with Crippen molar-refractivity contribution >= 4 is 12.0 Å². The Labute approximate surface area is 170 Å². The van der Waals surface area contributed by atoms with Crippen LogP contribution in [0.15, 0.2) is 60.7 Å². The lowest BCUT2D eigenvalue weighted by atomic mass is 9.83. The van der Waals surface area contributed by atoms with E-state index in [2.05, 4.69) is 16.7 Å². The number of nitriles is 1. The molecule has 0 aliphatic heterocycles. The van der Waals surface area contributed by atoms with Crippen LogP contribution in [0, 0.1) is 17.2 Å². The zero-order valence-electron chi connectivity index (χ0n) is 16.2. The maximum absolute atomic E-state index is 12.9. The minimum Gasteiger partial charge on any atom is -0.445 e. The van der Waals surface area contributed by atoms with Gasteiger partial charge in [0.25, 0.3) is 0 Å². The summed E-state index contributed by atoms with van der Waals surface area (Å²) in [7, 11) is 0. The van der Waals surface area contributed by atoms with Gasteiger partial charge in [0, 0.05) is 6.04 Å². The number of amides is 2. The zero-order valence-corrected chi connectivity index (χ0v) is 16.2. The van der Waals surface area contributed by atoms with E-state index in [4.69, 9.17) is 4.74 Å². The summed E-state index contributed by atoms with van der Waals surface area (Å²) in [6.45, 7) is 0.181. The average Bonchev–Trinajstić information content (AvgIpc) is 2.77. The molecule has 2 unspecified atom stereocenters. The van der Waals surface area contributed by atoms with E-state index in [1.807, 2.05) is 60.7 Å². The number of alkyl carbamates (subject to hydrolysis) is 1. The quantitative estimate of drug-likeness (QED) is 0.782. The summed E-state index contributed by atoms with van der Waals surface area (Å²) in [5, 5.41) is 15.1. The monoisotopic (exact) mass is 391 g/mol. The Kier molecular flexibility index (Phi) is 7.23. The predicted octanol–water partition coefficient (Wildman–Crippen LogP) is 3.85. The van der Waals surface area contributed by atoms with E-state index in [0.29, 0.717) is 12.8 Å². The first-order valence-corrected chi connectivity index (χ1v) is 9.89. The van der Waals surface area contributed by atoms with Crippen LogP contribution in [0.2, 0.25) is 0 Å². The number of hydrogen-bond donors (Lipinski definition) is 2. The number of rotatable bonds is 6. The van der Waals surface area contributed by atoms with Gasteiger partial charge in [-0.05, 0) is 24.0 Å². The number of carbonyl (C=O) groups excluding carboxylic acids is 2. The molecule has 1 fully saturated rings. The molecule has 0 aromatic heterocycles. The second-order valence-corrected chi connectivity index (χ2v) is 7.18. The second-order valence-electron chi connectivity index (χ2n) is 7.18. The van der Waals surface area contributed by atoms with E-state index in [0.717, 1.165) is 24.0 Å². The number of ether oxygens (including phenoxy) is 1. The van der Waals surface area contributed by atoms with E-state index < -0.39 is 12.1 Å². The number of carbonyl (C=O) groups is 2. The van der Waals surface area contributed by atoms with Crippen LogP contribution in [0.1, 0.15) is 42.9 Å². The summed E-state index contributed by atoms with van der Waals surface area (Å²) >= 11 is 0. The lowest BCUT2D eigenvalue weighted by molar-refractivity contribution is -0.127. The number of nitrogens with one attached hydrogen (secondary N) is 2. The lowest BCUT2D eigenvalue weighted by Gasteiger charge is -2.31. The maximum Gasteiger partial charge on any atom is 0.407 e. The Morgan fingerprint density at radius 2 is 1.69 bits per heavy atom. The molecule has 1 aliphatic rings. The van der Waals surface area contributed by atoms with Crippen molar-refractivity contribution in [1.82, 2.24) is 10.6 Å². The fourth-order valence-corrected chi connectivity index (χ4v) is 3.62. The molecule has 1 aliphatic carbocycles. The van der Waals surface area contributed by atoms with Gasteiger partial charge in [-0.15, -0.1) is 0 Å². The Hall–Kier alpha value is -3.33. The smallest absolute Gasteiger partial charge is 0.407 e. The van der Waals surface area contributed by atoms with E-state index in [1.165, 1.54) is 0 Å². The van der Waals surface area contributed by atoms with Crippen LogP contribution < -0.4 is 10.6 Å². The zero-order chi connectivity index (χ0) is 20.5. The summed E-state index contributed by atoms with van der Waals surface area (Å²) in [4.78, 5) is 25.1. The molecular weight excluding hydrogens is 366 g/mol. The summed E-state index contributed by atoms with van der Waals surface area (Å²) in [6, 6.07) is 19.7. The molecule has 0 heterocycles. The van der Waals surface area contributed by atoms with Gasteiger partial charge in [0.1, 0.15) is 12.6 Å². The molecule has 1 saturated carbocycles. The first-order valence-electron chi connectivity index (χ1n) is 9.89. The highest BCUT2D eigenvalue weighted by Gasteiger charge is 2.33. The third-order valence-electron chi connectivity index (χ3n) is 5.17. The lowest BCUT2D eigenvalue weighted by Crippen LogP contribution is -2.49. The summed E-state index contributed by atoms with van der Waals surface area (Å²) in [6.07, 6.45) is 2.70. The van der Waals surface area contributed by atoms with Crippen LogP contribution >= 0.6 is 0 Å².